The van der Waals surface area contributed by atoms with E-state index in [9.17, 15) is 8.96 Å². The second-order valence-corrected chi connectivity index (χ2v) is 11.6. The lowest BCUT2D eigenvalue weighted by molar-refractivity contribution is 0.0440. The van der Waals surface area contributed by atoms with Crippen LogP contribution in [0.1, 0.15) is 11.1 Å². The van der Waals surface area contributed by atoms with Crippen LogP contribution in [-0.2, 0) is 18.6 Å². The third-order valence-corrected chi connectivity index (χ3v) is 9.22. The fourth-order valence-corrected chi connectivity index (χ4v) is 6.96. The van der Waals surface area contributed by atoms with Gasteiger partial charge in [0.25, 0.3) is 0 Å². The van der Waals surface area contributed by atoms with Gasteiger partial charge in [-0.25, -0.2) is 23.3 Å². The van der Waals surface area contributed by atoms with E-state index in [-0.39, 0.29) is 18.3 Å². The zero-order valence-corrected chi connectivity index (χ0v) is 21.6. The fraction of sp³-hybridized carbons (Fsp3) is 0.391. The summed E-state index contributed by atoms with van der Waals surface area (Å²) in [6.45, 7) is 4.00. The van der Waals surface area contributed by atoms with Gasteiger partial charge in [-0.3, -0.25) is 4.99 Å². The van der Waals surface area contributed by atoms with E-state index in [1.165, 1.54) is 6.07 Å². The van der Waals surface area contributed by atoms with E-state index in [1.54, 1.807) is 18.2 Å². The molecule has 0 aliphatic carbocycles. The van der Waals surface area contributed by atoms with Crippen LogP contribution in [0.4, 0.5) is 10.1 Å². The topological polar surface area (TPSA) is 76.0 Å². The highest BCUT2D eigenvalue weighted by atomic mass is 127. The number of aliphatic imine (C=N–C) groups is 2. The normalized spacial score (nSPS) is 20.2. The van der Waals surface area contributed by atoms with Gasteiger partial charge in [0.1, 0.15) is 12.4 Å². The highest BCUT2D eigenvalue weighted by molar-refractivity contribution is 14.1. The summed E-state index contributed by atoms with van der Waals surface area (Å²) in [4.78, 5) is 9.43. The van der Waals surface area contributed by atoms with Crippen molar-refractivity contribution in [3.63, 3.8) is 0 Å². The second-order valence-electron chi connectivity index (χ2n) is 8.03. The monoisotopic (exact) mass is 598 g/mol. The lowest BCUT2D eigenvalue weighted by atomic mass is 10.0. The summed E-state index contributed by atoms with van der Waals surface area (Å²) < 4.78 is 51.0. The van der Waals surface area contributed by atoms with Gasteiger partial charge in [-0.2, -0.15) is 0 Å². The molecule has 2 fully saturated rings. The molecule has 0 unspecified atom stereocenters. The Morgan fingerprint density at radius 1 is 0.941 bits per heavy atom. The molecule has 0 spiro atoms. The molecule has 3 aliphatic rings. The van der Waals surface area contributed by atoms with Crippen molar-refractivity contribution in [1.29, 1.82) is 0 Å². The van der Waals surface area contributed by atoms with Gasteiger partial charge in [-0.1, -0.05) is 12.1 Å². The van der Waals surface area contributed by atoms with Crippen molar-refractivity contribution in [2.45, 2.75) is 0 Å². The molecular weight excluding hydrogens is 573 g/mol. The predicted molar refractivity (Wildman–Crippen MR) is 137 cm³/mol. The lowest BCUT2D eigenvalue weighted by Crippen LogP contribution is -2.44. The van der Waals surface area contributed by atoms with E-state index in [0.717, 1.165) is 3.57 Å². The smallest absolute Gasteiger partial charge is 0.397 e. The van der Waals surface area contributed by atoms with Crippen molar-refractivity contribution in [3.8, 4) is 0 Å². The van der Waals surface area contributed by atoms with Crippen LogP contribution in [0.25, 0.3) is 0 Å². The summed E-state index contributed by atoms with van der Waals surface area (Å²) in [6.07, 6.45) is 0. The number of rotatable bonds is 4. The van der Waals surface area contributed by atoms with Crippen molar-refractivity contribution in [1.82, 2.24) is 9.34 Å². The average molecular weight is 598 g/mol. The zero-order valence-electron chi connectivity index (χ0n) is 18.5. The molecule has 2 aromatic rings. The number of fused-ring (bicyclic) bond motifs is 1. The Morgan fingerprint density at radius 2 is 1.59 bits per heavy atom. The van der Waals surface area contributed by atoms with Crippen LogP contribution >= 0.6 is 30.3 Å². The van der Waals surface area contributed by atoms with Gasteiger partial charge in [0, 0.05) is 40.9 Å². The van der Waals surface area contributed by atoms with Gasteiger partial charge in [0.2, 0.25) is 5.90 Å². The number of morpholine rings is 2. The fourth-order valence-electron chi connectivity index (χ4n) is 4.17. The van der Waals surface area contributed by atoms with Gasteiger partial charge in [0.05, 0.1) is 37.8 Å². The minimum Gasteiger partial charge on any atom is -0.405 e. The summed E-state index contributed by atoms with van der Waals surface area (Å²) >= 11 is 2.21. The standard InChI is InChI=1S/C23H25FIN4O4P/c24-20-4-2-1-3-18(20)23-19-15-17(25)5-6-21(19)27-22(16-26-23)33-34(30,28-7-11-31-12-8-28)29-9-13-32-14-10-29/h1-6,15H,7-14,16H2. The van der Waals surface area contributed by atoms with E-state index < -0.39 is 7.67 Å². The van der Waals surface area contributed by atoms with Gasteiger partial charge < -0.3 is 14.0 Å². The van der Waals surface area contributed by atoms with E-state index in [4.69, 9.17) is 24.0 Å². The minimum absolute atomic E-state index is 0.0492. The number of hydrogen-bond donors (Lipinski definition) is 0. The summed E-state index contributed by atoms with van der Waals surface area (Å²) in [5.74, 6) is -0.113. The summed E-state index contributed by atoms with van der Waals surface area (Å²) in [6, 6.07) is 12.3. The van der Waals surface area contributed by atoms with Crippen molar-refractivity contribution >= 4 is 47.6 Å². The molecule has 8 nitrogen and oxygen atoms in total. The molecular formula is C23H25FIN4O4P. The van der Waals surface area contributed by atoms with Gasteiger partial charge in [0.15, 0.2) is 0 Å². The molecule has 3 heterocycles. The zero-order chi connectivity index (χ0) is 23.5. The van der Waals surface area contributed by atoms with E-state index in [1.807, 2.05) is 27.5 Å². The van der Waals surface area contributed by atoms with Crippen molar-refractivity contribution in [3.05, 3.63) is 63.0 Å². The van der Waals surface area contributed by atoms with E-state index >= 15 is 0 Å². The molecule has 3 aliphatic heterocycles. The molecule has 0 aromatic heterocycles. The maximum absolute atomic E-state index is 14.7. The molecule has 5 rings (SSSR count). The Labute approximate surface area is 211 Å². The van der Waals surface area contributed by atoms with Crippen molar-refractivity contribution < 1.29 is 23.0 Å². The van der Waals surface area contributed by atoms with Gasteiger partial charge >= 0.3 is 7.67 Å². The maximum Gasteiger partial charge on any atom is 0.397 e. The maximum atomic E-state index is 14.7. The Hall–Kier alpha value is -1.69. The number of hydrogen-bond acceptors (Lipinski definition) is 6. The number of ether oxygens (including phenoxy) is 2. The summed E-state index contributed by atoms with van der Waals surface area (Å²) in [5.41, 5.74) is 2.21. The van der Waals surface area contributed by atoms with E-state index in [2.05, 4.69) is 22.6 Å². The molecule has 0 bridgehead atoms. The van der Waals surface area contributed by atoms with Crippen LogP contribution in [0.15, 0.2) is 52.4 Å². The molecule has 180 valence electrons. The Morgan fingerprint density at radius 3 is 2.24 bits per heavy atom. The largest absolute Gasteiger partial charge is 0.405 e. The first kappa shape index (κ1) is 24.0. The van der Waals surface area contributed by atoms with Crippen LogP contribution in [-0.4, -0.2) is 80.1 Å². The number of nitrogens with zero attached hydrogens (tertiary/aromatic N) is 4. The third kappa shape index (κ3) is 4.98. The Kier molecular flexibility index (Phi) is 7.43. The SMILES string of the molecule is O=P(OC1=Nc2ccc(I)cc2C(c2ccccc2F)=NC1)(N1CCOCC1)N1CCOCC1. The number of halogens is 2. The highest BCUT2D eigenvalue weighted by Gasteiger charge is 2.42. The molecule has 0 saturated carbocycles. The van der Waals surface area contributed by atoms with E-state index in [0.29, 0.717) is 75.1 Å². The van der Waals surface area contributed by atoms with Crippen LogP contribution in [0, 0.1) is 9.39 Å². The molecule has 11 heteroatoms. The lowest BCUT2D eigenvalue weighted by Gasteiger charge is -2.40. The third-order valence-electron chi connectivity index (χ3n) is 5.87. The van der Waals surface area contributed by atoms with Gasteiger partial charge in [-0.05, 0) is 52.9 Å². The molecule has 0 atom stereocenters. The van der Waals surface area contributed by atoms with Crippen LogP contribution in [0.5, 0.6) is 0 Å². The molecule has 0 amide bonds. The molecule has 0 radical (unpaired) electrons. The first-order valence-corrected chi connectivity index (χ1v) is 13.8. The Bertz CT molecular complexity index is 1140. The van der Waals surface area contributed by atoms with Crippen LogP contribution in [0.2, 0.25) is 0 Å². The summed E-state index contributed by atoms with van der Waals surface area (Å²) in [5, 5.41) is 0. The molecule has 0 N–H and O–H groups in total. The average Bonchev–Trinajstić information content (AvgIpc) is 3.04. The van der Waals surface area contributed by atoms with Crippen molar-refractivity contribution in [2.24, 2.45) is 9.98 Å². The predicted octanol–water partition coefficient (Wildman–Crippen LogP) is 4.10. The quantitative estimate of drug-likeness (QED) is 0.390. The number of benzene rings is 2. The van der Waals surface area contributed by atoms with Crippen molar-refractivity contribution in [2.75, 3.05) is 59.2 Å². The Balaban J connectivity index is 1.53. The highest BCUT2D eigenvalue weighted by Crippen LogP contribution is 2.55. The first-order chi connectivity index (χ1) is 16.5. The van der Waals surface area contributed by atoms with Gasteiger partial charge in [-0.15, -0.1) is 0 Å². The first-order valence-electron chi connectivity index (χ1n) is 11.2. The molecule has 2 saturated heterocycles. The second kappa shape index (κ2) is 10.5. The van der Waals surface area contributed by atoms with Crippen LogP contribution < -0.4 is 0 Å². The molecule has 2 aromatic carbocycles. The summed E-state index contributed by atoms with van der Waals surface area (Å²) in [7, 11) is -3.45. The molecule has 34 heavy (non-hydrogen) atoms. The van der Waals surface area contributed by atoms with Crippen LogP contribution in [0.3, 0.4) is 0 Å². The minimum atomic E-state index is -3.45.